The zero-order valence-electron chi connectivity index (χ0n) is 22.5. The smallest absolute Gasteiger partial charge is 0.306 e. The third-order valence-electron chi connectivity index (χ3n) is 6.61. The fourth-order valence-electron chi connectivity index (χ4n) is 3.74. The molecule has 1 fully saturated rings. The van der Waals surface area contributed by atoms with Crippen molar-refractivity contribution in [1.82, 2.24) is 0 Å². The Kier molecular flexibility index (Phi) is 15.6. The Morgan fingerprint density at radius 2 is 1.47 bits per heavy atom. The highest BCUT2D eigenvalue weighted by molar-refractivity contribution is 8.29. The summed E-state index contributed by atoms with van der Waals surface area (Å²) in [5.74, 6) is 0.279. The fraction of sp³-hybridized carbons (Fsp3) is 0.923. The van der Waals surface area contributed by atoms with E-state index in [-0.39, 0.29) is 29.2 Å². The van der Waals surface area contributed by atoms with Gasteiger partial charge >= 0.3 is 5.97 Å². The predicted octanol–water partition coefficient (Wildman–Crippen LogP) is 4.94. The fourth-order valence-corrected chi connectivity index (χ4v) is 4.58. The van der Waals surface area contributed by atoms with Gasteiger partial charge in [0.2, 0.25) is 0 Å². The van der Waals surface area contributed by atoms with E-state index in [0.29, 0.717) is 64.9 Å². The summed E-state index contributed by atoms with van der Waals surface area (Å²) < 4.78 is 28.0. The molecule has 7 nitrogen and oxygen atoms in total. The van der Waals surface area contributed by atoms with E-state index in [9.17, 15) is 9.59 Å². The first kappa shape index (κ1) is 31.4. The first-order chi connectivity index (χ1) is 16.1. The lowest BCUT2D eigenvalue weighted by Gasteiger charge is -2.43. The maximum Gasteiger partial charge on any atom is 0.306 e. The number of carbonyl (C=O) groups is 2. The Hall–Kier alpha value is -0.670. The summed E-state index contributed by atoms with van der Waals surface area (Å²) >= 11 is 0. The second kappa shape index (κ2) is 16.9. The van der Waals surface area contributed by atoms with Gasteiger partial charge in [0.15, 0.2) is 0 Å². The molecule has 1 rings (SSSR count). The van der Waals surface area contributed by atoms with Gasteiger partial charge in [0.05, 0.1) is 46.2 Å². The average molecular weight is 507 g/mol. The van der Waals surface area contributed by atoms with Crippen molar-refractivity contribution in [1.29, 1.82) is 0 Å². The van der Waals surface area contributed by atoms with E-state index in [4.69, 9.17) is 23.1 Å². The highest BCUT2D eigenvalue weighted by Gasteiger charge is 2.35. The van der Waals surface area contributed by atoms with Crippen LogP contribution in [0.5, 0.6) is 0 Å². The number of ketones is 1. The summed E-state index contributed by atoms with van der Waals surface area (Å²) in [6.45, 7) is 12.4. The van der Waals surface area contributed by atoms with E-state index < -0.39 is 10.3 Å². The van der Waals surface area contributed by atoms with Gasteiger partial charge in [0.25, 0.3) is 0 Å². The molecule has 1 aliphatic carbocycles. The van der Waals surface area contributed by atoms with Crippen molar-refractivity contribution in [2.45, 2.75) is 77.4 Å². The van der Waals surface area contributed by atoms with Crippen LogP contribution in [-0.2, 0) is 32.7 Å². The molecule has 0 aromatic carbocycles. The Morgan fingerprint density at radius 1 is 0.912 bits per heavy atom. The predicted molar refractivity (Wildman–Crippen MR) is 139 cm³/mol. The molecular weight excluding hydrogens is 456 g/mol. The van der Waals surface area contributed by atoms with Crippen LogP contribution in [0.1, 0.15) is 72.6 Å². The van der Waals surface area contributed by atoms with Crippen molar-refractivity contribution in [3.05, 3.63) is 0 Å². The van der Waals surface area contributed by atoms with Crippen LogP contribution in [-0.4, -0.2) is 81.9 Å². The molecule has 0 aromatic rings. The molecule has 2 atom stereocenters. The topological polar surface area (TPSA) is 80.3 Å². The quantitative estimate of drug-likeness (QED) is 0.181. The van der Waals surface area contributed by atoms with Crippen LogP contribution in [0.4, 0.5) is 0 Å². The van der Waals surface area contributed by atoms with Crippen LogP contribution in [0.25, 0.3) is 0 Å². The highest BCUT2D eigenvalue weighted by atomic mass is 32.3. The largest absolute Gasteiger partial charge is 0.463 e. The number of Topliss-reactive ketones (excluding diaryl/α,β-unsaturated/α-hetero) is 1. The van der Waals surface area contributed by atoms with Crippen molar-refractivity contribution in [2.24, 2.45) is 11.8 Å². The zero-order valence-corrected chi connectivity index (χ0v) is 23.3. The second-order valence-corrected chi connectivity index (χ2v) is 14.2. The van der Waals surface area contributed by atoms with Gasteiger partial charge in [-0.1, -0.05) is 47.0 Å². The standard InChI is InChI=1S/C26H50O7S/c1-7-8-9-10-23-22(11-12-24(23)27)21-25(28)32-19-17-30-15-13-29-14-16-31-18-20-33-34(5,6)26(2,3)4/h22-23H,7-21H2,1-6H3. The molecule has 0 bridgehead atoms. The molecule has 0 heterocycles. The molecule has 0 aliphatic heterocycles. The number of esters is 1. The number of rotatable bonds is 19. The minimum absolute atomic E-state index is 0.0421. The maximum absolute atomic E-state index is 12.1. The second-order valence-electron chi connectivity index (χ2n) is 10.3. The first-order valence-corrected chi connectivity index (χ1v) is 15.2. The third-order valence-corrected chi connectivity index (χ3v) is 10.3. The average Bonchev–Trinajstić information content (AvgIpc) is 3.10. The molecule has 0 aromatic heterocycles. The summed E-state index contributed by atoms with van der Waals surface area (Å²) in [4.78, 5) is 24.2. The number of hydrogen-bond donors (Lipinski definition) is 0. The molecular formula is C26H50O7S. The molecule has 0 radical (unpaired) electrons. The number of unbranched alkanes of at least 4 members (excludes halogenated alkanes) is 2. The van der Waals surface area contributed by atoms with Gasteiger partial charge in [-0.05, 0) is 31.3 Å². The Morgan fingerprint density at radius 3 is 2.03 bits per heavy atom. The monoisotopic (exact) mass is 506 g/mol. The molecule has 0 N–H and O–H groups in total. The van der Waals surface area contributed by atoms with E-state index in [1.165, 1.54) is 0 Å². The molecule has 0 saturated heterocycles. The molecule has 0 amide bonds. The van der Waals surface area contributed by atoms with Gasteiger partial charge in [-0.3, -0.25) is 9.59 Å². The molecule has 34 heavy (non-hydrogen) atoms. The molecule has 0 spiro atoms. The summed E-state index contributed by atoms with van der Waals surface area (Å²) in [6, 6.07) is 0. The van der Waals surface area contributed by atoms with Gasteiger partial charge < -0.3 is 23.1 Å². The van der Waals surface area contributed by atoms with E-state index in [1.54, 1.807) is 0 Å². The van der Waals surface area contributed by atoms with Gasteiger partial charge in [0.1, 0.15) is 12.4 Å². The molecule has 2 unspecified atom stereocenters. The molecule has 1 saturated carbocycles. The Bertz CT molecular complexity index is 574. The van der Waals surface area contributed by atoms with Crippen LogP contribution in [0.15, 0.2) is 0 Å². The van der Waals surface area contributed by atoms with E-state index in [2.05, 4.69) is 40.2 Å². The van der Waals surface area contributed by atoms with E-state index in [0.717, 1.165) is 32.1 Å². The lowest BCUT2D eigenvalue weighted by atomic mass is 9.88. The highest BCUT2D eigenvalue weighted by Crippen LogP contribution is 2.53. The van der Waals surface area contributed by atoms with Crippen molar-refractivity contribution < 1.29 is 32.7 Å². The van der Waals surface area contributed by atoms with Gasteiger partial charge in [-0.2, -0.15) is 0 Å². The summed E-state index contributed by atoms with van der Waals surface area (Å²) in [5.41, 5.74) is 0. The normalized spacial score (nSPS) is 19.5. The summed E-state index contributed by atoms with van der Waals surface area (Å²) in [5, 5.41) is 0. The Labute approximate surface area is 209 Å². The zero-order chi connectivity index (χ0) is 25.5. The minimum atomic E-state index is -1.10. The molecule has 8 heteroatoms. The Balaban J connectivity index is 1.95. The lowest BCUT2D eigenvalue weighted by Crippen LogP contribution is -2.26. The summed E-state index contributed by atoms with van der Waals surface area (Å²) in [7, 11) is -1.10. The number of carbonyl (C=O) groups excluding carboxylic acids is 2. The van der Waals surface area contributed by atoms with Crippen molar-refractivity contribution >= 4 is 22.1 Å². The van der Waals surface area contributed by atoms with Gasteiger partial charge in [-0.25, -0.2) is 0 Å². The van der Waals surface area contributed by atoms with Crippen molar-refractivity contribution in [3.8, 4) is 0 Å². The number of hydrogen-bond acceptors (Lipinski definition) is 7. The van der Waals surface area contributed by atoms with Crippen LogP contribution in [0.2, 0.25) is 0 Å². The van der Waals surface area contributed by atoms with Crippen molar-refractivity contribution in [3.63, 3.8) is 0 Å². The molecule has 1 aliphatic rings. The SMILES string of the molecule is CCCCCC1C(=O)CCC1CC(=O)OCCOCCOCCOCCOS(C)(C)C(C)(C)C. The number of ether oxygens (including phenoxy) is 4. The van der Waals surface area contributed by atoms with Gasteiger partial charge in [-0.15, -0.1) is 10.3 Å². The van der Waals surface area contributed by atoms with E-state index >= 15 is 0 Å². The van der Waals surface area contributed by atoms with Crippen molar-refractivity contribution in [2.75, 3.05) is 65.4 Å². The first-order valence-electron chi connectivity index (χ1n) is 12.9. The maximum atomic E-state index is 12.1. The van der Waals surface area contributed by atoms with E-state index in [1.807, 2.05) is 0 Å². The van der Waals surface area contributed by atoms with Crippen LogP contribution >= 0.6 is 10.3 Å². The lowest BCUT2D eigenvalue weighted by molar-refractivity contribution is -0.146. The van der Waals surface area contributed by atoms with Crippen LogP contribution < -0.4 is 0 Å². The molecule has 202 valence electrons. The summed E-state index contributed by atoms with van der Waals surface area (Å²) in [6.07, 6.45) is 10.4. The van der Waals surface area contributed by atoms with Crippen LogP contribution in [0, 0.1) is 11.8 Å². The van der Waals surface area contributed by atoms with Gasteiger partial charge in [0, 0.05) is 23.5 Å². The minimum Gasteiger partial charge on any atom is -0.463 e. The third kappa shape index (κ3) is 12.9. The van der Waals surface area contributed by atoms with Crippen LogP contribution in [0.3, 0.4) is 0 Å².